The molecule has 0 saturated carbocycles. The standard InChI is InChI=1S/C8H14O7/c1-3(10)14-8-7(13)6(12)5(11)4(2-9)15-8/h4-9,11-13H,2H2,1H3/t4-,5+,6+,7-,8?/m1/s1. The number of rotatable bonds is 2. The number of esters is 1. The fraction of sp³-hybridized carbons (Fsp3) is 0.875. The minimum atomic E-state index is -1.54. The molecule has 0 aromatic rings. The molecule has 0 aliphatic carbocycles. The van der Waals surface area contributed by atoms with E-state index in [4.69, 9.17) is 9.84 Å². The molecule has 5 atom stereocenters. The molecule has 1 fully saturated rings. The topological polar surface area (TPSA) is 116 Å². The van der Waals surface area contributed by atoms with Crippen molar-refractivity contribution in [1.82, 2.24) is 0 Å². The van der Waals surface area contributed by atoms with E-state index in [-0.39, 0.29) is 0 Å². The van der Waals surface area contributed by atoms with Crippen LogP contribution in [0.15, 0.2) is 0 Å². The molecule has 1 saturated heterocycles. The number of carbonyl (C=O) groups is 1. The first-order chi connectivity index (χ1) is 6.97. The summed E-state index contributed by atoms with van der Waals surface area (Å²) >= 11 is 0. The highest BCUT2D eigenvalue weighted by atomic mass is 16.7. The summed E-state index contributed by atoms with van der Waals surface area (Å²) < 4.78 is 9.45. The SMILES string of the molecule is CC(=O)OC1O[C@H](CO)[C@H](O)[C@H](O)[C@H]1O. The van der Waals surface area contributed by atoms with Gasteiger partial charge in [0.1, 0.15) is 24.4 Å². The van der Waals surface area contributed by atoms with E-state index in [1.807, 2.05) is 0 Å². The van der Waals surface area contributed by atoms with Crippen molar-refractivity contribution < 1.29 is 34.7 Å². The second kappa shape index (κ2) is 4.86. The lowest BCUT2D eigenvalue weighted by atomic mass is 9.99. The minimum Gasteiger partial charge on any atom is -0.433 e. The molecule has 0 spiro atoms. The number of aliphatic hydroxyl groups excluding tert-OH is 4. The predicted molar refractivity (Wildman–Crippen MR) is 45.5 cm³/mol. The van der Waals surface area contributed by atoms with E-state index < -0.39 is 43.3 Å². The molecule has 1 rings (SSSR count). The van der Waals surface area contributed by atoms with Gasteiger partial charge < -0.3 is 29.9 Å². The number of hydrogen-bond acceptors (Lipinski definition) is 7. The second-order valence-corrected chi connectivity index (χ2v) is 3.31. The molecule has 88 valence electrons. The first kappa shape index (κ1) is 12.3. The molecule has 1 aliphatic heterocycles. The Balaban J connectivity index is 2.69. The first-order valence-corrected chi connectivity index (χ1v) is 4.45. The average Bonchev–Trinajstić information content (AvgIpc) is 2.18. The van der Waals surface area contributed by atoms with Crippen molar-refractivity contribution in [2.24, 2.45) is 0 Å². The Hall–Kier alpha value is -0.730. The van der Waals surface area contributed by atoms with Gasteiger partial charge in [0.05, 0.1) is 6.61 Å². The molecular weight excluding hydrogens is 208 g/mol. The smallest absolute Gasteiger partial charge is 0.305 e. The average molecular weight is 222 g/mol. The molecule has 1 aliphatic rings. The summed E-state index contributed by atoms with van der Waals surface area (Å²) in [4.78, 5) is 10.6. The summed E-state index contributed by atoms with van der Waals surface area (Å²) in [6.45, 7) is 0.560. The molecule has 0 bridgehead atoms. The van der Waals surface area contributed by atoms with Gasteiger partial charge >= 0.3 is 5.97 Å². The van der Waals surface area contributed by atoms with Crippen LogP contribution in [0.5, 0.6) is 0 Å². The lowest BCUT2D eigenvalue weighted by molar-refractivity contribution is -0.292. The van der Waals surface area contributed by atoms with Crippen LogP contribution < -0.4 is 0 Å². The zero-order valence-corrected chi connectivity index (χ0v) is 8.11. The van der Waals surface area contributed by atoms with Crippen molar-refractivity contribution in [2.45, 2.75) is 37.6 Å². The third-order valence-corrected chi connectivity index (χ3v) is 2.13. The van der Waals surface area contributed by atoms with Gasteiger partial charge in [0.2, 0.25) is 6.29 Å². The largest absolute Gasteiger partial charge is 0.433 e. The minimum absolute atomic E-state index is 0.553. The highest BCUT2D eigenvalue weighted by Gasteiger charge is 2.44. The fourth-order valence-electron chi connectivity index (χ4n) is 1.33. The Morgan fingerprint density at radius 1 is 1.27 bits per heavy atom. The number of ether oxygens (including phenoxy) is 2. The van der Waals surface area contributed by atoms with Gasteiger partial charge in [0, 0.05) is 6.92 Å². The molecular formula is C8H14O7. The van der Waals surface area contributed by atoms with E-state index in [0.29, 0.717) is 0 Å². The fourth-order valence-corrected chi connectivity index (χ4v) is 1.33. The summed E-state index contributed by atoms with van der Waals surface area (Å²) in [5, 5.41) is 36.8. The van der Waals surface area contributed by atoms with Gasteiger partial charge in [-0.1, -0.05) is 0 Å². The van der Waals surface area contributed by atoms with Crippen LogP contribution in [0.25, 0.3) is 0 Å². The van der Waals surface area contributed by atoms with Crippen LogP contribution in [0, 0.1) is 0 Å². The second-order valence-electron chi connectivity index (χ2n) is 3.31. The van der Waals surface area contributed by atoms with Crippen LogP contribution in [0.4, 0.5) is 0 Å². The molecule has 7 heteroatoms. The van der Waals surface area contributed by atoms with Crippen molar-refractivity contribution in [1.29, 1.82) is 0 Å². The van der Waals surface area contributed by atoms with Crippen LogP contribution in [0.2, 0.25) is 0 Å². The van der Waals surface area contributed by atoms with E-state index in [2.05, 4.69) is 4.74 Å². The maximum atomic E-state index is 10.6. The Morgan fingerprint density at radius 2 is 1.87 bits per heavy atom. The quantitative estimate of drug-likeness (QED) is 0.377. The van der Waals surface area contributed by atoms with E-state index in [1.165, 1.54) is 0 Å². The lowest BCUT2D eigenvalue weighted by Crippen LogP contribution is -2.59. The van der Waals surface area contributed by atoms with Gasteiger partial charge in [-0.05, 0) is 0 Å². The maximum Gasteiger partial charge on any atom is 0.305 e. The van der Waals surface area contributed by atoms with Gasteiger partial charge in [-0.15, -0.1) is 0 Å². The van der Waals surface area contributed by atoms with Crippen LogP contribution in [0.3, 0.4) is 0 Å². The van der Waals surface area contributed by atoms with E-state index in [1.54, 1.807) is 0 Å². The van der Waals surface area contributed by atoms with Crippen molar-refractivity contribution in [3.05, 3.63) is 0 Å². The summed E-state index contributed by atoms with van der Waals surface area (Å²) in [6.07, 6.45) is -6.95. The molecule has 0 radical (unpaired) electrons. The van der Waals surface area contributed by atoms with Crippen molar-refractivity contribution in [2.75, 3.05) is 6.61 Å². The van der Waals surface area contributed by atoms with Gasteiger partial charge in [0.15, 0.2) is 0 Å². The summed E-state index contributed by atoms with van der Waals surface area (Å²) in [7, 11) is 0. The van der Waals surface area contributed by atoms with Crippen LogP contribution in [0.1, 0.15) is 6.92 Å². The van der Waals surface area contributed by atoms with Crippen LogP contribution in [-0.2, 0) is 14.3 Å². The van der Waals surface area contributed by atoms with Gasteiger partial charge in [-0.25, -0.2) is 0 Å². The zero-order valence-electron chi connectivity index (χ0n) is 8.11. The number of carbonyl (C=O) groups excluding carboxylic acids is 1. The van der Waals surface area contributed by atoms with Crippen LogP contribution >= 0.6 is 0 Å². The molecule has 4 N–H and O–H groups in total. The molecule has 15 heavy (non-hydrogen) atoms. The number of aliphatic hydroxyl groups is 4. The number of hydrogen-bond donors (Lipinski definition) is 4. The van der Waals surface area contributed by atoms with Crippen molar-refractivity contribution in [3.8, 4) is 0 Å². The van der Waals surface area contributed by atoms with Crippen LogP contribution in [-0.4, -0.2) is 63.7 Å². The van der Waals surface area contributed by atoms with E-state index in [9.17, 15) is 20.1 Å². The Morgan fingerprint density at radius 3 is 2.33 bits per heavy atom. The first-order valence-electron chi connectivity index (χ1n) is 4.45. The third-order valence-electron chi connectivity index (χ3n) is 2.13. The molecule has 0 aromatic heterocycles. The highest BCUT2D eigenvalue weighted by molar-refractivity contribution is 5.66. The summed E-state index contributed by atoms with van der Waals surface area (Å²) in [5.41, 5.74) is 0. The van der Waals surface area contributed by atoms with Gasteiger partial charge in [-0.2, -0.15) is 0 Å². The normalized spacial score (nSPS) is 41.3. The maximum absolute atomic E-state index is 10.6. The third kappa shape index (κ3) is 2.64. The zero-order chi connectivity index (χ0) is 11.6. The highest BCUT2D eigenvalue weighted by Crippen LogP contribution is 2.21. The Kier molecular flexibility index (Phi) is 4.00. The molecule has 0 amide bonds. The Labute approximate surface area is 85.9 Å². The monoisotopic (exact) mass is 222 g/mol. The molecule has 1 heterocycles. The van der Waals surface area contributed by atoms with E-state index >= 15 is 0 Å². The van der Waals surface area contributed by atoms with Crippen molar-refractivity contribution in [3.63, 3.8) is 0 Å². The Bertz CT molecular complexity index is 229. The lowest BCUT2D eigenvalue weighted by Gasteiger charge is -2.38. The summed E-state index contributed by atoms with van der Waals surface area (Å²) in [5.74, 6) is -0.695. The van der Waals surface area contributed by atoms with Gasteiger partial charge in [-0.3, -0.25) is 4.79 Å². The molecule has 1 unspecified atom stereocenters. The molecule has 7 nitrogen and oxygen atoms in total. The van der Waals surface area contributed by atoms with Crippen molar-refractivity contribution >= 4 is 5.97 Å². The predicted octanol–water partition coefficient (Wildman–Crippen LogP) is -2.65. The molecule has 0 aromatic carbocycles. The van der Waals surface area contributed by atoms with E-state index in [0.717, 1.165) is 6.92 Å². The van der Waals surface area contributed by atoms with Gasteiger partial charge in [0.25, 0.3) is 0 Å². The summed E-state index contributed by atoms with van der Waals surface area (Å²) in [6, 6.07) is 0.